The molecule has 0 atom stereocenters. The second kappa shape index (κ2) is 17.3. The summed E-state index contributed by atoms with van der Waals surface area (Å²) >= 11 is 13.3. The Balaban J connectivity index is 0.000000195. The van der Waals surface area contributed by atoms with Crippen LogP contribution in [0.1, 0.15) is 81.3 Å². The van der Waals surface area contributed by atoms with Crippen molar-refractivity contribution in [2.24, 2.45) is 0 Å². The van der Waals surface area contributed by atoms with E-state index in [9.17, 15) is 0 Å². The number of hydrogen-bond acceptors (Lipinski definition) is 0. The monoisotopic (exact) mass is 818 g/mol. The fraction of sp³-hybridized carbons (Fsp3) is 0.196. The van der Waals surface area contributed by atoms with Gasteiger partial charge < -0.3 is 0 Å². The van der Waals surface area contributed by atoms with E-state index in [1.54, 1.807) is 0 Å². The van der Waals surface area contributed by atoms with Crippen LogP contribution in [0.2, 0.25) is 10.0 Å². The van der Waals surface area contributed by atoms with Crippen LogP contribution in [-0.2, 0) is 41.5 Å². The predicted molar refractivity (Wildman–Crippen MR) is 229 cm³/mol. The molecule has 54 heavy (non-hydrogen) atoms. The number of fused-ring (bicyclic) bond motifs is 3. The maximum atomic E-state index is 5.98. The van der Waals surface area contributed by atoms with Gasteiger partial charge in [0.1, 0.15) is 0 Å². The number of benzene rings is 6. The Kier molecular flexibility index (Phi) is 12.8. The summed E-state index contributed by atoms with van der Waals surface area (Å²) in [5, 5.41) is 1.53. The summed E-state index contributed by atoms with van der Waals surface area (Å²) in [5.74, 6) is 0. The molecule has 0 spiro atoms. The van der Waals surface area contributed by atoms with Crippen LogP contribution < -0.4 is 0 Å². The fourth-order valence-corrected chi connectivity index (χ4v) is 8.04. The van der Waals surface area contributed by atoms with Gasteiger partial charge in [-0.2, -0.15) is 6.08 Å². The van der Waals surface area contributed by atoms with Crippen LogP contribution in [-0.4, -0.2) is 3.21 Å². The topological polar surface area (TPSA) is 0 Å². The van der Waals surface area contributed by atoms with E-state index >= 15 is 0 Å². The maximum absolute atomic E-state index is 5.98. The summed E-state index contributed by atoms with van der Waals surface area (Å²) in [6.07, 6.45) is 10.9. The molecule has 0 aliphatic heterocycles. The van der Waals surface area contributed by atoms with E-state index in [0.717, 1.165) is 34.0 Å². The van der Waals surface area contributed by atoms with Crippen LogP contribution in [0.15, 0.2) is 146 Å². The summed E-state index contributed by atoms with van der Waals surface area (Å²) in [6.45, 7) is 13.9. The van der Waals surface area contributed by atoms with E-state index < -0.39 is 0 Å². The first-order chi connectivity index (χ1) is 25.8. The number of allylic oxidation sites excluding steroid dienone is 4. The van der Waals surface area contributed by atoms with E-state index in [-0.39, 0.29) is 10.8 Å². The van der Waals surface area contributed by atoms with Gasteiger partial charge in [-0.25, -0.2) is 12.2 Å². The van der Waals surface area contributed by atoms with Gasteiger partial charge in [0.05, 0.1) is 0 Å². The standard InChI is InChI=1S/C33H33.C13H8Cl2.C5H5.Zr/c1-32(2,3)30-20-26-24(18-28(30)22-13-9-7-10-14-22)17-25-19-29(23-15-11-8-12-16-23)31(21-27(25)26)33(4,5)6;14-12-5-1-3-10(8-12)7-11-4-2-6-13(15)9-11;1-2-4-5-3-1;/h7-16,18,20-21H,17H2,1-6H3;1-6,8-9H;1-3H,4H2;/q-1;;-1;+2. The quantitative estimate of drug-likeness (QED) is 0.155. The molecule has 3 heteroatoms. The van der Waals surface area contributed by atoms with Gasteiger partial charge in [0.25, 0.3) is 0 Å². The maximum Gasteiger partial charge on any atom is -0.109 e. The van der Waals surface area contributed by atoms with E-state index in [0.29, 0.717) is 0 Å². The third-order valence-electron chi connectivity index (χ3n) is 9.64. The van der Waals surface area contributed by atoms with Gasteiger partial charge in [-0.1, -0.05) is 131 Å². The minimum Gasteiger partial charge on any atom is -0.273 e. The third-order valence-corrected chi connectivity index (χ3v) is 11.5. The van der Waals surface area contributed by atoms with Crippen LogP contribution >= 0.6 is 23.2 Å². The first-order valence-corrected chi connectivity index (χ1v) is 20.5. The van der Waals surface area contributed by atoms with Crippen molar-refractivity contribution in [3.8, 4) is 33.4 Å². The molecule has 0 N–H and O–H groups in total. The van der Waals surface area contributed by atoms with Crippen molar-refractivity contribution in [1.29, 1.82) is 0 Å². The van der Waals surface area contributed by atoms with E-state index in [4.69, 9.17) is 23.2 Å². The molecule has 0 nitrogen and oxygen atoms in total. The van der Waals surface area contributed by atoms with Crippen LogP contribution in [0, 0.1) is 12.1 Å². The molecule has 0 amide bonds. The van der Waals surface area contributed by atoms with Crippen LogP contribution in [0.25, 0.3) is 33.4 Å². The summed E-state index contributed by atoms with van der Waals surface area (Å²) in [4.78, 5) is 0. The number of rotatable bonds is 4. The van der Waals surface area contributed by atoms with Crippen molar-refractivity contribution < 1.29 is 24.2 Å². The molecule has 0 unspecified atom stereocenters. The molecule has 0 saturated carbocycles. The van der Waals surface area contributed by atoms with Gasteiger partial charge in [0.2, 0.25) is 0 Å². The molecular formula is C51H46Cl2Zr. The first kappa shape index (κ1) is 39.8. The van der Waals surface area contributed by atoms with Gasteiger partial charge in [-0.3, -0.25) is 6.08 Å². The summed E-state index contributed by atoms with van der Waals surface area (Å²) < 4.78 is 1.26. The smallest absolute Gasteiger partial charge is 0.109 e. The molecule has 2 aliphatic carbocycles. The van der Waals surface area contributed by atoms with Crippen molar-refractivity contribution >= 4 is 26.4 Å². The molecule has 0 radical (unpaired) electrons. The molecule has 8 rings (SSSR count). The van der Waals surface area contributed by atoms with E-state index in [2.05, 4.69) is 151 Å². The molecule has 6 aromatic rings. The van der Waals surface area contributed by atoms with E-state index in [1.165, 1.54) is 83.1 Å². The minimum atomic E-state index is 0.0380. The van der Waals surface area contributed by atoms with E-state index in [1.807, 2.05) is 48.6 Å². The largest absolute Gasteiger partial charge is 0.273 e. The number of hydrogen-bond donors (Lipinski definition) is 0. The van der Waals surface area contributed by atoms with Gasteiger partial charge in [0, 0.05) is 0 Å². The third kappa shape index (κ3) is 9.67. The first-order valence-electron chi connectivity index (χ1n) is 18.5. The minimum absolute atomic E-state index is 0.0380. The molecule has 6 aromatic carbocycles. The Bertz CT molecular complexity index is 2150. The molecule has 0 fully saturated rings. The van der Waals surface area contributed by atoms with Gasteiger partial charge in [-0.15, -0.1) is 35.2 Å². The zero-order valence-corrected chi connectivity index (χ0v) is 36.0. The van der Waals surface area contributed by atoms with Crippen molar-refractivity contribution in [3.63, 3.8) is 0 Å². The molecule has 268 valence electrons. The zero-order chi connectivity index (χ0) is 38.5. The molecular weight excluding hydrogens is 775 g/mol. The van der Waals surface area contributed by atoms with Crippen molar-refractivity contribution in [2.75, 3.05) is 0 Å². The van der Waals surface area contributed by atoms with Crippen LogP contribution in [0.4, 0.5) is 0 Å². The second-order valence-corrected chi connectivity index (χ2v) is 17.9. The van der Waals surface area contributed by atoms with Crippen molar-refractivity contribution in [2.45, 2.75) is 65.2 Å². The average molecular weight is 821 g/mol. The van der Waals surface area contributed by atoms with Gasteiger partial charge in [-0.05, 0) is 39.5 Å². The Morgan fingerprint density at radius 1 is 0.593 bits per heavy atom. The Labute approximate surface area is 347 Å². The molecule has 0 heterocycles. The normalized spacial score (nSPS) is 12.6. The van der Waals surface area contributed by atoms with Crippen molar-refractivity contribution in [1.82, 2.24) is 0 Å². The SMILES string of the molecule is CC(C)(C)c1cc2c([c-]c1-c1ccccc1)Cc1cc(-c3ccccc3)c(C(C)(C)C)cc1-2.Clc1cccc([C](=[Zr+2])c2cccc(Cl)c2)c1.[C-]1=CC=CC1. The zero-order valence-electron chi connectivity index (χ0n) is 32.0. The molecule has 0 aromatic heterocycles. The number of halogens is 2. The fourth-order valence-electron chi connectivity index (χ4n) is 6.90. The Hall–Kier alpha value is -3.87. The van der Waals surface area contributed by atoms with Crippen LogP contribution in [0.3, 0.4) is 0 Å². The summed E-state index contributed by atoms with van der Waals surface area (Å²) in [7, 11) is 0. The average Bonchev–Trinajstić information content (AvgIpc) is 3.86. The molecule has 2 aliphatic rings. The molecule has 0 saturated heterocycles. The Morgan fingerprint density at radius 3 is 1.63 bits per heavy atom. The molecule has 0 bridgehead atoms. The van der Waals surface area contributed by atoms with Gasteiger partial charge in [0.15, 0.2) is 0 Å². The summed E-state index contributed by atoms with van der Waals surface area (Å²) in [6, 6.07) is 48.6. The predicted octanol–water partition coefficient (Wildman–Crippen LogP) is 14.4. The second-order valence-electron chi connectivity index (χ2n) is 15.8. The van der Waals surface area contributed by atoms with Crippen molar-refractivity contribution in [3.05, 3.63) is 201 Å². The van der Waals surface area contributed by atoms with Crippen LogP contribution in [0.5, 0.6) is 0 Å². The Morgan fingerprint density at radius 2 is 1.15 bits per heavy atom. The van der Waals surface area contributed by atoms with Gasteiger partial charge >= 0.3 is 120 Å². The summed E-state index contributed by atoms with van der Waals surface area (Å²) in [5.41, 5.74) is 15.8.